The molecule has 0 N–H and O–H groups in total. The van der Waals surface area contributed by atoms with Crippen molar-refractivity contribution >= 4 is 21.7 Å². The van der Waals surface area contributed by atoms with E-state index in [1.807, 2.05) is 37.3 Å². The average Bonchev–Trinajstić information content (AvgIpc) is 3.24. The summed E-state index contributed by atoms with van der Waals surface area (Å²) in [5, 5.41) is 0. The van der Waals surface area contributed by atoms with Gasteiger partial charge in [-0.1, -0.05) is 78.4 Å². The molecule has 0 radical (unpaired) electrons. The normalized spacial score (nSPS) is 18.9. The van der Waals surface area contributed by atoms with Crippen LogP contribution in [0.3, 0.4) is 0 Å². The molecule has 4 rings (SSSR count). The van der Waals surface area contributed by atoms with E-state index in [0.29, 0.717) is 11.3 Å². The summed E-state index contributed by atoms with van der Waals surface area (Å²) >= 11 is 0. The van der Waals surface area contributed by atoms with Crippen LogP contribution in [0.25, 0.3) is 0 Å². The van der Waals surface area contributed by atoms with Crippen LogP contribution >= 0.6 is 0 Å². The molecule has 1 aliphatic heterocycles. The van der Waals surface area contributed by atoms with Gasteiger partial charge in [-0.2, -0.15) is 4.31 Å². The summed E-state index contributed by atoms with van der Waals surface area (Å²) < 4.78 is 34.3. The Kier molecular flexibility index (Phi) is 5.95. The van der Waals surface area contributed by atoms with Crippen LogP contribution in [0.4, 0.5) is 0 Å². The second kappa shape index (κ2) is 8.68. The van der Waals surface area contributed by atoms with Gasteiger partial charge < -0.3 is 4.74 Å². The van der Waals surface area contributed by atoms with Gasteiger partial charge in [0, 0.05) is 5.56 Å². The summed E-state index contributed by atoms with van der Waals surface area (Å²) in [4.78, 5) is 18.3. The SMILES string of the molecule is CCOC(=O)C1(c2ccccc2)N=C(c2ccccc2)CN1S(=O)(=O)c1ccc(C)cc1. The molecule has 32 heavy (non-hydrogen) atoms. The molecule has 1 heterocycles. The van der Waals surface area contributed by atoms with E-state index in [0.717, 1.165) is 15.4 Å². The third kappa shape index (κ3) is 3.74. The molecule has 3 aromatic carbocycles. The van der Waals surface area contributed by atoms with E-state index in [1.54, 1.807) is 61.5 Å². The van der Waals surface area contributed by atoms with Crippen molar-refractivity contribution < 1.29 is 17.9 Å². The molecule has 0 bridgehead atoms. The number of ether oxygens (including phenoxy) is 1. The van der Waals surface area contributed by atoms with Crippen LogP contribution in [0.1, 0.15) is 23.6 Å². The third-order valence-corrected chi connectivity index (χ3v) is 7.24. The monoisotopic (exact) mass is 448 g/mol. The number of sulfonamides is 1. The lowest BCUT2D eigenvalue weighted by Crippen LogP contribution is -2.51. The molecule has 1 atom stereocenters. The van der Waals surface area contributed by atoms with E-state index < -0.39 is 21.7 Å². The van der Waals surface area contributed by atoms with Crippen molar-refractivity contribution in [2.75, 3.05) is 13.2 Å². The van der Waals surface area contributed by atoms with Gasteiger partial charge in [0.15, 0.2) is 0 Å². The highest BCUT2D eigenvalue weighted by atomic mass is 32.2. The number of nitrogens with zero attached hydrogens (tertiary/aromatic N) is 2. The Morgan fingerprint density at radius 2 is 1.56 bits per heavy atom. The minimum atomic E-state index is -4.10. The first-order valence-electron chi connectivity index (χ1n) is 10.4. The van der Waals surface area contributed by atoms with Crippen molar-refractivity contribution in [1.29, 1.82) is 0 Å². The summed E-state index contributed by atoms with van der Waals surface area (Å²) in [6.07, 6.45) is 0. The molecule has 6 nitrogen and oxygen atoms in total. The maximum absolute atomic E-state index is 13.9. The van der Waals surface area contributed by atoms with E-state index in [1.165, 1.54) is 0 Å². The highest BCUT2D eigenvalue weighted by Crippen LogP contribution is 2.41. The Hall–Kier alpha value is -3.29. The van der Waals surface area contributed by atoms with Gasteiger partial charge in [-0.3, -0.25) is 0 Å². The predicted octanol–water partition coefficient (Wildman–Crippen LogP) is 3.90. The van der Waals surface area contributed by atoms with Gasteiger partial charge in [0.2, 0.25) is 10.0 Å². The molecule has 0 spiro atoms. The molecule has 3 aromatic rings. The van der Waals surface area contributed by atoms with Gasteiger partial charge in [-0.05, 0) is 31.5 Å². The fraction of sp³-hybridized carbons (Fsp3) is 0.200. The summed E-state index contributed by atoms with van der Waals surface area (Å²) in [5.41, 5.74) is 0.759. The lowest BCUT2D eigenvalue weighted by molar-refractivity contribution is -0.154. The molecule has 1 unspecified atom stereocenters. The van der Waals surface area contributed by atoms with Gasteiger partial charge in [-0.15, -0.1) is 0 Å². The summed E-state index contributed by atoms with van der Waals surface area (Å²) in [7, 11) is -4.10. The largest absolute Gasteiger partial charge is 0.463 e. The number of carbonyl (C=O) groups excluding carboxylic acids is 1. The van der Waals surface area contributed by atoms with Crippen LogP contribution < -0.4 is 0 Å². The number of hydrogen-bond acceptors (Lipinski definition) is 5. The first-order chi connectivity index (χ1) is 15.4. The standard InChI is InChI=1S/C25H24N2O4S/c1-3-31-24(28)25(21-12-8-5-9-13-21)26-23(20-10-6-4-7-11-20)18-27(25)32(29,30)22-16-14-19(2)15-17-22/h4-17H,3,18H2,1-2H3. The number of esters is 1. The van der Waals surface area contributed by atoms with Gasteiger partial charge in [0.1, 0.15) is 0 Å². The predicted molar refractivity (Wildman–Crippen MR) is 123 cm³/mol. The Balaban J connectivity index is 1.96. The smallest absolute Gasteiger partial charge is 0.355 e. The van der Waals surface area contributed by atoms with Crippen molar-refractivity contribution in [3.63, 3.8) is 0 Å². The number of aliphatic imine (C=N–C) groups is 1. The van der Waals surface area contributed by atoms with Crippen LogP contribution in [0.5, 0.6) is 0 Å². The average molecular weight is 449 g/mol. The molecule has 0 amide bonds. The van der Waals surface area contributed by atoms with Crippen LogP contribution in [0.2, 0.25) is 0 Å². The highest BCUT2D eigenvalue weighted by Gasteiger charge is 2.56. The number of carbonyl (C=O) groups is 1. The molecular weight excluding hydrogens is 424 g/mol. The first kappa shape index (κ1) is 21.9. The van der Waals surface area contributed by atoms with Gasteiger partial charge in [-0.25, -0.2) is 18.2 Å². The highest BCUT2D eigenvalue weighted by molar-refractivity contribution is 7.89. The summed E-state index contributed by atoms with van der Waals surface area (Å²) in [6.45, 7) is 3.61. The van der Waals surface area contributed by atoms with Gasteiger partial charge >= 0.3 is 5.97 Å². The number of benzene rings is 3. The fourth-order valence-corrected chi connectivity index (χ4v) is 5.39. The molecule has 1 aliphatic rings. The van der Waals surface area contributed by atoms with Crippen LogP contribution in [0.15, 0.2) is 94.8 Å². The van der Waals surface area contributed by atoms with Crippen molar-refractivity contribution in [3.8, 4) is 0 Å². The molecule has 0 aliphatic carbocycles. The van der Waals surface area contributed by atoms with Crippen molar-refractivity contribution in [2.45, 2.75) is 24.4 Å². The number of rotatable bonds is 6. The zero-order valence-electron chi connectivity index (χ0n) is 17.9. The molecule has 0 saturated carbocycles. The van der Waals surface area contributed by atoms with Gasteiger partial charge in [0.05, 0.1) is 23.8 Å². The Morgan fingerprint density at radius 3 is 2.16 bits per heavy atom. The van der Waals surface area contributed by atoms with E-state index in [9.17, 15) is 13.2 Å². The number of aryl methyl sites for hydroxylation is 1. The van der Waals surface area contributed by atoms with Crippen LogP contribution in [0, 0.1) is 6.92 Å². The zero-order valence-corrected chi connectivity index (χ0v) is 18.7. The Morgan fingerprint density at radius 1 is 0.969 bits per heavy atom. The van der Waals surface area contributed by atoms with Gasteiger partial charge in [0.25, 0.3) is 5.66 Å². The second-order valence-electron chi connectivity index (χ2n) is 7.51. The molecule has 0 aromatic heterocycles. The van der Waals surface area contributed by atoms with E-state index in [4.69, 9.17) is 9.73 Å². The molecule has 164 valence electrons. The van der Waals surface area contributed by atoms with Crippen LogP contribution in [-0.2, 0) is 25.2 Å². The Bertz CT molecular complexity index is 1240. The lowest BCUT2D eigenvalue weighted by Gasteiger charge is -2.33. The third-order valence-electron chi connectivity index (χ3n) is 5.40. The van der Waals surface area contributed by atoms with E-state index in [-0.39, 0.29) is 18.0 Å². The minimum absolute atomic E-state index is 0.0616. The maximum Gasteiger partial charge on any atom is 0.355 e. The van der Waals surface area contributed by atoms with Crippen LogP contribution in [-0.4, -0.2) is 37.6 Å². The maximum atomic E-state index is 13.9. The minimum Gasteiger partial charge on any atom is -0.463 e. The van der Waals surface area contributed by atoms with Crippen molar-refractivity contribution in [1.82, 2.24) is 4.31 Å². The topological polar surface area (TPSA) is 76.0 Å². The lowest BCUT2D eigenvalue weighted by atomic mass is 10.0. The fourth-order valence-electron chi connectivity index (χ4n) is 3.80. The van der Waals surface area contributed by atoms with E-state index >= 15 is 0 Å². The zero-order chi connectivity index (χ0) is 22.8. The summed E-state index contributed by atoms with van der Waals surface area (Å²) in [6, 6.07) is 24.5. The second-order valence-corrected chi connectivity index (χ2v) is 9.37. The Labute approximate surface area is 188 Å². The molecule has 0 saturated heterocycles. The van der Waals surface area contributed by atoms with E-state index in [2.05, 4.69) is 0 Å². The number of hydrogen-bond donors (Lipinski definition) is 0. The molecular formula is C25H24N2O4S. The quantitative estimate of drug-likeness (QED) is 0.536. The van der Waals surface area contributed by atoms with Crippen molar-refractivity contribution in [2.24, 2.45) is 4.99 Å². The molecule has 7 heteroatoms. The summed E-state index contributed by atoms with van der Waals surface area (Å²) in [5.74, 6) is -0.729. The molecule has 0 fully saturated rings. The van der Waals surface area contributed by atoms with Crippen molar-refractivity contribution in [3.05, 3.63) is 102 Å². The first-order valence-corrected chi connectivity index (χ1v) is 11.8.